The number of aromatic nitrogens is 1. The molecule has 0 aliphatic heterocycles. The normalized spacial score (nSPS) is 16.4. The molecule has 4 nitrogen and oxygen atoms in total. The quantitative estimate of drug-likeness (QED) is 0.920. The highest BCUT2D eigenvalue weighted by atomic mass is 16.4. The van der Waals surface area contributed by atoms with Crippen molar-refractivity contribution < 1.29 is 14.7 Å². The third kappa shape index (κ3) is 2.34. The number of carboxylic acids is 1. The molecule has 0 saturated heterocycles. The minimum atomic E-state index is -0.947. The zero-order valence-corrected chi connectivity index (χ0v) is 13.0. The molecule has 1 aromatic heterocycles. The van der Waals surface area contributed by atoms with Gasteiger partial charge in [-0.3, -0.25) is 4.79 Å². The summed E-state index contributed by atoms with van der Waals surface area (Å²) < 4.78 is 2.01. The number of aromatic carboxylic acids is 1. The molecule has 0 bridgehead atoms. The first-order valence-corrected chi connectivity index (χ1v) is 7.37. The average Bonchev–Trinajstić information content (AvgIpc) is 2.74. The number of benzene rings is 1. The summed E-state index contributed by atoms with van der Waals surface area (Å²) >= 11 is 0. The van der Waals surface area contributed by atoms with Gasteiger partial charge in [-0.25, -0.2) is 4.79 Å². The predicted octanol–water partition coefficient (Wildman–Crippen LogP) is 3.64. The highest BCUT2D eigenvalue weighted by molar-refractivity contribution is 5.99. The van der Waals surface area contributed by atoms with Crippen molar-refractivity contribution in [3.05, 3.63) is 52.8 Å². The first-order chi connectivity index (χ1) is 10.3. The van der Waals surface area contributed by atoms with Gasteiger partial charge < -0.3 is 9.67 Å². The van der Waals surface area contributed by atoms with Crippen molar-refractivity contribution in [3.8, 4) is 5.69 Å². The summed E-state index contributed by atoms with van der Waals surface area (Å²) in [6.07, 6.45) is 1.36. The Morgan fingerprint density at radius 3 is 2.64 bits per heavy atom. The molecular formula is C18H19NO3. The van der Waals surface area contributed by atoms with Crippen LogP contribution in [0.5, 0.6) is 0 Å². The molecule has 0 amide bonds. The number of hydrogen-bond acceptors (Lipinski definition) is 2. The van der Waals surface area contributed by atoms with Crippen LogP contribution in [0.25, 0.3) is 5.69 Å². The van der Waals surface area contributed by atoms with Crippen molar-refractivity contribution in [3.63, 3.8) is 0 Å². The number of fused-ring (bicyclic) bond motifs is 1. The summed E-state index contributed by atoms with van der Waals surface area (Å²) in [6.45, 7) is 6.13. The maximum absolute atomic E-state index is 12.4. The van der Waals surface area contributed by atoms with E-state index in [-0.39, 0.29) is 16.8 Å². The SMILES string of the molecule is Cc1cc2c(n1-c1cccc(C(=O)O)c1)CC(C)(C)CC2=O. The molecule has 0 radical (unpaired) electrons. The maximum Gasteiger partial charge on any atom is 0.335 e. The van der Waals surface area contributed by atoms with Crippen LogP contribution in [0, 0.1) is 12.3 Å². The first-order valence-electron chi connectivity index (χ1n) is 7.37. The lowest BCUT2D eigenvalue weighted by molar-refractivity contribution is 0.0696. The van der Waals surface area contributed by atoms with E-state index in [1.54, 1.807) is 18.2 Å². The molecule has 0 saturated carbocycles. The molecule has 1 N–H and O–H groups in total. The summed E-state index contributed by atoms with van der Waals surface area (Å²) in [6, 6.07) is 8.76. The van der Waals surface area contributed by atoms with Gasteiger partial charge in [0.25, 0.3) is 0 Å². The molecule has 0 atom stereocenters. The monoisotopic (exact) mass is 297 g/mol. The van der Waals surface area contributed by atoms with Crippen molar-refractivity contribution in [1.29, 1.82) is 0 Å². The van der Waals surface area contributed by atoms with Crippen molar-refractivity contribution in [1.82, 2.24) is 4.57 Å². The Morgan fingerprint density at radius 1 is 1.23 bits per heavy atom. The fraction of sp³-hybridized carbons (Fsp3) is 0.333. The van der Waals surface area contributed by atoms with E-state index in [1.807, 2.05) is 23.6 Å². The maximum atomic E-state index is 12.4. The molecular weight excluding hydrogens is 278 g/mol. The minimum Gasteiger partial charge on any atom is -0.478 e. The van der Waals surface area contributed by atoms with Crippen LogP contribution in [-0.2, 0) is 6.42 Å². The van der Waals surface area contributed by atoms with Gasteiger partial charge >= 0.3 is 5.97 Å². The van der Waals surface area contributed by atoms with Gasteiger partial charge in [-0.2, -0.15) is 0 Å². The summed E-state index contributed by atoms with van der Waals surface area (Å²) in [7, 11) is 0. The van der Waals surface area contributed by atoms with E-state index in [2.05, 4.69) is 13.8 Å². The number of ketones is 1. The number of carbonyl (C=O) groups excluding carboxylic acids is 1. The number of Topliss-reactive ketones (excluding diaryl/α,β-unsaturated/α-hetero) is 1. The average molecular weight is 297 g/mol. The lowest BCUT2D eigenvalue weighted by atomic mass is 9.76. The molecule has 0 spiro atoms. The first kappa shape index (κ1) is 14.6. The van der Waals surface area contributed by atoms with Crippen molar-refractivity contribution in [2.75, 3.05) is 0 Å². The van der Waals surface area contributed by atoms with Crippen molar-refractivity contribution in [2.24, 2.45) is 5.41 Å². The van der Waals surface area contributed by atoms with E-state index in [9.17, 15) is 14.7 Å². The van der Waals surface area contributed by atoms with Gasteiger partial charge in [0.2, 0.25) is 0 Å². The van der Waals surface area contributed by atoms with E-state index in [1.165, 1.54) is 0 Å². The fourth-order valence-electron chi connectivity index (χ4n) is 3.29. The number of hydrogen-bond donors (Lipinski definition) is 1. The summed E-state index contributed by atoms with van der Waals surface area (Å²) in [5.74, 6) is -0.778. The Bertz CT molecular complexity index is 784. The zero-order chi connectivity index (χ0) is 16.1. The number of rotatable bonds is 2. The van der Waals surface area contributed by atoms with Crippen LogP contribution in [0.15, 0.2) is 30.3 Å². The molecule has 22 heavy (non-hydrogen) atoms. The largest absolute Gasteiger partial charge is 0.478 e. The zero-order valence-electron chi connectivity index (χ0n) is 13.0. The Morgan fingerprint density at radius 2 is 1.95 bits per heavy atom. The van der Waals surface area contributed by atoms with Gasteiger partial charge in [-0.15, -0.1) is 0 Å². The lowest BCUT2D eigenvalue weighted by Gasteiger charge is -2.30. The van der Waals surface area contributed by atoms with Gasteiger partial charge in [0, 0.05) is 29.1 Å². The molecule has 2 aromatic rings. The predicted molar refractivity (Wildman–Crippen MR) is 83.9 cm³/mol. The van der Waals surface area contributed by atoms with E-state index in [0.29, 0.717) is 6.42 Å². The highest BCUT2D eigenvalue weighted by Crippen LogP contribution is 2.37. The third-order valence-corrected chi connectivity index (χ3v) is 4.22. The molecule has 1 aliphatic carbocycles. The number of carbonyl (C=O) groups is 2. The van der Waals surface area contributed by atoms with E-state index in [4.69, 9.17) is 0 Å². The van der Waals surface area contributed by atoms with Crippen LogP contribution in [0.1, 0.15) is 52.4 Å². The standard InChI is InChI=1S/C18H19NO3/c1-11-7-14-15(9-18(2,3)10-16(14)20)19(11)13-6-4-5-12(8-13)17(21)22/h4-8H,9-10H2,1-3H3,(H,21,22). The second-order valence-corrected chi connectivity index (χ2v) is 6.78. The van der Waals surface area contributed by atoms with Crippen molar-refractivity contribution in [2.45, 2.75) is 33.6 Å². The van der Waals surface area contributed by atoms with Gasteiger partial charge in [0.1, 0.15) is 0 Å². The topological polar surface area (TPSA) is 59.3 Å². The molecule has 1 aromatic carbocycles. The summed E-state index contributed by atoms with van der Waals surface area (Å²) in [5, 5.41) is 9.18. The van der Waals surface area contributed by atoms with E-state index < -0.39 is 5.97 Å². The van der Waals surface area contributed by atoms with Crippen LogP contribution in [-0.4, -0.2) is 21.4 Å². The number of nitrogens with zero attached hydrogens (tertiary/aromatic N) is 1. The molecule has 1 heterocycles. The van der Waals surface area contributed by atoms with Crippen LogP contribution < -0.4 is 0 Å². The van der Waals surface area contributed by atoms with E-state index in [0.717, 1.165) is 29.1 Å². The van der Waals surface area contributed by atoms with Gasteiger partial charge in [0.15, 0.2) is 5.78 Å². The van der Waals surface area contributed by atoms with Crippen LogP contribution in [0.4, 0.5) is 0 Å². The molecule has 0 unspecified atom stereocenters. The van der Waals surface area contributed by atoms with Crippen molar-refractivity contribution >= 4 is 11.8 Å². The summed E-state index contributed by atoms with van der Waals surface area (Å²) in [5.41, 5.74) is 3.69. The smallest absolute Gasteiger partial charge is 0.335 e. The Hall–Kier alpha value is -2.36. The lowest BCUT2D eigenvalue weighted by Crippen LogP contribution is -2.27. The molecule has 3 rings (SSSR count). The molecule has 1 aliphatic rings. The fourth-order valence-corrected chi connectivity index (χ4v) is 3.29. The van der Waals surface area contributed by atoms with Crippen LogP contribution in [0.2, 0.25) is 0 Å². The van der Waals surface area contributed by atoms with Gasteiger partial charge in [-0.1, -0.05) is 19.9 Å². The molecule has 4 heteroatoms. The highest BCUT2D eigenvalue weighted by Gasteiger charge is 2.34. The second-order valence-electron chi connectivity index (χ2n) is 6.78. The van der Waals surface area contributed by atoms with Gasteiger partial charge in [0.05, 0.1) is 5.56 Å². The number of aryl methyl sites for hydroxylation is 1. The molecule has 0 fully saturated rings. The minimum absolute atomic E-state index is 0.0724. The third-order valence-electron chi connectivity index (χ3n) is 4.22. The Labute approximate surface area is 129 Å². The second kappa shape index (κ2) is 4.83. The molecule has 114 valence electrons. The Kier molecular flexibility index (Phi) is 3.20. The van der Waals surface area contributed by atoms with Crippen LogP contribution >= 0.6 is 0 Å². The Balaban J connectivity index is 2.19. The van der Waals surface area contributed by atoms with Crippen LogP contribution in [0.3, 0.4) is 0 Å². The van der Waals surface area contributed by atoms with E-state index >= 15 is 0 Å². The van der Waals surface area contributed by atoms with Gasteiger partial charge in [-0.05, 0) is 43.0 Å². The number of carboxylic acid groups (broad SMARTS) is 1. The summed E-state index contributed by atoms with van der Waals surface area (Å²) in [4.78, 5) is 23.6.